The molecule has 148 valence electrons. The maximum atomic E-state index is 13.8. The summed E-state index contributed by atoms with van der Waals surface area (Å²) in [5.74, 6) is -2.58. The van der Waals surface area contributed by atoms with Crippen LogP contribution in [0.3, 0.4) is 0 Å². The van der Waals surface area contributed by atoms with E-state index in [1.807, 2.05) is 0 Å². The number of aromatic nitrogens is 1. The van der Waals surface area contributed by atoms with E-state index in [9.17, 15) is 18.4 Å². The summed E-state index contributed by atoms with van der Waals surface area (Å²) < 4.78 is 32.6. The smallest absolute Gasteiger partial charge is 0.340 e. The van der Waals surface area contributed by atoms with E-state index in [-0.39, 0.29) is 34.9 Å². The van der Waals surface area contributed by atoms with Crippen LogP contribution in [0.25, 0.3) is 0 Å². The number of carbonyl (C=O) groups excluding carboxylic acids is 2. The Morgan fingerprint density at radius 2 is 1.76 bits per heavy atom. The maximum absolute atomic E-state index is 13.8. The number of carbonyl (C=O) groups is 2. The number of hydrogen-bond acceptors (Lipinski definition) is 5. The number of anilines is 3. The lowest BCUT2D eigenvalue weighted by Gasteiger charge is -2.11. The van der Waals surface area contributed by atoms with Crippen molar-refractivity contribution in [1.82, 2.24) is 4.98 Å². The lowest BCUT2D eigenvalue weighted by atomic mass is 10.1. The van der Waals surface area contributed by atoms with Gasteiger partial charge in [-0.15, -0.1) is 0 Å². The van der Waals surface area contributed by atoms with E-state index in [1.54, 1.807) is 25.1 Å². The molecule has 2 aromatic carbocycles. The molecule has 29 heavy (non-hydrogen) atoms. The second-order valence-electron chi connectivity index (χ2n) is 5.87. The van der Waals surface area contributed by atoms with E-state index in [2.05, 4.69) is 15.6 Å². The van der Waals surface area contributed by atoms with E-state index in [1.165, 1.54) is 30.5 Å². The molecule has 0 spiro atoms. The van der Waals surface area contributed by atoms with Gasteiger partial charge in [0.1, 0.15) is 23.1 Å². The first-order valence-corrected chi connectivity index (χ1v) is 8.74. The normalized spacial score (nSPS) is 10.3. The number of rotatable bonds is 6. The van der Waals surface area contributed by atoms with Gasteiger partial charge >= 0.3 is 5.97 Å². The second kappa shape index (κ2) is 8.92. The molecule has 0 unspecified atom stereocenters. The van der Waals surface area contributed by atoms with Crippen LogP contribution in [0.2, 0.25) is 0 Å². The van der Waals surface area contributed by atoms with E-state index in [0.29, 0.717) is 0 Å². The molecule has 2 N–H and O–H groups in total. The highest BCUT2D eigenvalue weighted by atomic mass is 19.1. The summed E-state index contributed by atoms with van der Waals surface area (Å²) in [6, 6.07) is 12.7. The fourth-order valence-electron chi connectivity index (χ4n) is 2.56. The minimum atomic E-state index is -0.787. The molecular formula is C21H17F2N3O3. The fourth-order valence-corrected chi connectivity index (χ4v) is 2.56. The van der Waals surface area contributed by atoms with Crippen molar-refractivity contribution in [3.05, 3.63) is 83.6 Å². The van der Waals surface area contributed by atoms with Gasteiger partial charge in [-0.05, 0) is 43.3 Å². The third-order valence-corrected chi connectivity index (χ3v) is 3.91. The standard InChI is InChI=1S/C21H17F2N3O3/c1-2-29-21(28)14-6-3-4-9-17(14)25-20(27)13-10-11-24-18(12-13)26-19-15(22)7-5-8-16(19)23/h3-12H,2H2,1H3,(H,24,26)(H,25,27). The second-order valence-corrected chi connectivity index (χ2v) is 5.87. The van der Waals surface area contributed by atoms with Crippen LogP contribution < -0.4 is 10.6 Å². The van der Waals surface area contributed by atoms with Crippen molar-refractivity contribution in [2.75, 3.05) is 17.2 Å². The molecule has 0 saturated carbocycles. The van der Waals surface area contributed by atoms with E-state index in [4.69, 9.17) is 4.74 Å². The minimum Gasteiger partial charge on any atom is -0.462 e. The van der Waals surface area contributed by atoms with Gasteiger partial charge in [0.05, 0.1) is 17.9 Å². The molecule has 0 aliphatic heterocycles. The molecule has 6 nitrogen and oxygen atoms in total. The van der Waals surface area contributed by atoms with Gasteiger partial charge in [-0.25, -0.2) is 18.6 Å². The molecule has 0 atom stereocenters. The summed E-state index contributed by atoms with van der Waals surface area (Å²) in [5.41, 5.74) is 0.300. The monoisotopic (exact) mass is 397 g/mol. The zero-order valence-electron chi connectivity index (χ0n) is 15.4. The summed E-state index contributed by atoms with van der Waals surface area (Å²) in [7, 11) is 0. The molecule has 0 bridgehead atoms. The van der Waals surface area contributed by atoms with Gasteiger partial charge in [0.15, 0.2) is 0 Å². The van der Waals surface area contributed by atoms with Gasteiger partial charge in [0.2, 0.25) is 0 Å². The van der Waals surface area contributed by atoms with Crippen molar-refractivity contribution < 1.29 is 23.1 Å². The van der Waals surface area contributed by atoms with Crippen LogP contribution in [0, 0.1) is 11.6 Å². The van der Waals surface area contributed by atoms with Gasteiger partial charge in [-0.3, -0.25) is 4.79 Å². The number of hydrogen-bond donors (Lipinski definition) is 2. The molecule has 0 aliphatic carbocycles. The zero-order chi connectivity index (χ0) is 20.8. The molecule has 0 fully saturated rings. The Morgan fingerprint density at radius 3 is 2.48 bits per heavy atom. The van der Waals surface area contributed by atoms with Crippen molar-refractivity contribution in [3.8, 4) is 0 Å². The number of nitrogens with zero attached hydrogens (tertiary/aromatic N) is 1. The Labute approximate surface area is 165 Å². The molecule has 1 aromatic heterocycles. The molecule has 3 rings (SSSR count). The molecular weight excluding hydrogens is 380 g/mol. The number of para-hydroxylation sites is 2. The molecule has 0 saturated heterocycles. The van der Waals surface area contributed by atoms with Crippen LogP contribution in [0.15, 0.2) is 60.8 Å². The predicted octanol–water partition coefficient (Wildman–Crippen LogP) is 4.53. The first kappa shape index (κ1) is 19.9. The summed E-state index contributed by atoms with van der Waals surface area (Å²) in [6.07, 6.45) is 1.33. The Kier molecular flexibility index (Phi) is 6.13. The fraction of sp³-hybridized carbons (Fsp3) is 0.0952. The molecule has 0 radical (unpaired) electrons. The topological polar surface area (TPSA) is 80.3 Å². The first-order valence-electron chi connectivity index (χ1n) is 8.74. The first-order chi connectivity index (χ1) is 14.0. The summed E-state index contributed by atoms with van der Waals surface area (Å²) in [4.78, 5) is 28.6. The quantitative estimate of drug-likeness (QED) is 0.598. The number of benzene rings is 2. The maximum Gasteiger partial charge on any atom is 0.340 e. The van der Waals surface area contributed by atoms with Crippen LogP contribution >= 0.6 is 0 Å². The van der Waals surface area contributed by atoms with Crippen LogP contribution in [0.4, 0.5) is 26.0 Å². The Hall–Kier alpha value is -3.81. The highest BCUT2D eigenvalue weighted by Gasteiger charge is 2.16. The lowest BCUT2D eigenvalue weighted by Crippen LogP contribution is -2.16. The van der Waals surface area contributed by atoms with Crippen molar-refractivity contribution in [2.45, 2.75) is 6.92 Å². The van der Waals surface area contributed by atoms with E-state index in [0.717, 1.165) is 12.1 Å². The van der Waals surface area contributed by atoms with Gasteiger partial charge in [-0.2, -0.15) is 0 Å². The molecule has 1 amide bonds. The van der Waals surface area contributed by atoms with Crippen LogP contribution in [0.1, 0.15) is 27.6 Å². The Morgan fingerprint density at radius 1 is 1.03 bits per heavy atom. The van der Waals surface area contributed by atoms with Gasteiger partial charge in [0, 0.05) is 11.8 Å². The van der Waals surface area contributed by atoms with Crippen molar-refractivity contribution in [3.63, 3.8) is 0 Å². The predicted molar refractivity (Wildman–Crippen MR) is 104 cm³/mol. The molecule has 8 heteroatoms. The highest BCUT2D eigenvalue weighted by Crippen LogP contribution is 2.23. The average Bonchev–Trinajstić information content (AvgIpc) is 2.71. The van der Waals surface area contributed by atoms with Crippen molar-refractivity contribution in [1.29, 1.82) is 0 Å². The van der Waals surface area contributed by atoms with Crippen LogP contribution in [-0.2, 0) is 4.74 Å². The Bertz CT molecular complexity index is 1040. The average molecular weight is 397 g/mol. The largest absolute Gasteiger partial charge is 0.462 e. The minimum absolute atomic E-state index is 0.0836. The van der Waals surface area contributed by atoms with Gasteiger partial charge in [-0.1, -0.05) is 18.2 Å². The van der Waals surface area contributed by atoms with Crippen LogP contribution in [0.5, 0.6) is 0 Å². The number of amides is 1. The molecule has 3 aromatic rings. The molecule has 0 aliphatic rings. The number of nitrogens with one attached hydrogen (secondary N) is 2. The number of ether oxygens (including phenoxy) is 1. The number of halogens is 2. The summed E-state index contributed by atoms with van der Waals surface area (Å²) in [5, 5.41) is 5.17. The van der Waals surface area contributed by atoms with E-state index < -0.39 is 23.5 Å². The number of esters is 1. The lowest BCUT2D eigenvalue weighted by molar-refractivity contribution is 0.0527. The third kappa shape index (κ3) is 4.73. The van der Waals surface area contributed by atoms with Gasteiger partial charge < -0.3 is 15.4 Å². The Balaban J connectivity index is 1.81. The highest BCUT2D eigenvalue weighted by molar-refractivity contribution is 6.08. The summed E-state index contributed by atoms with van der Waals surface area (Å²) >= 11 is 0. The number of pyridine rings is 1. The van der Waals surface area contributed by atoms with Gasteiger partial charge in [0.25, 0.3) is 5.91 Å². The van der Waals surface area contributed by atoms with Crippen molar-refractivity contribution in [2.24, 2.45) is 0 Å². The SMILES string of the molecule is CCOC(=O)c1ccccc1NC(=O)c1ccnc(Nc2c(F)cccc2F)c1. The van der Waals surface area contributed by atoms with E-state index >= 15 is 0 Å². The molecule has 1 heterocycles. The third-order valence-electron chi connectivity index (χ3n) is 3.91. The zero-order valence-corrected chi connectivity index (χ0v) is 15.4. The summed E-state index contributed by atoms with van der Waals surface area (Å²) in [6.45, 7) is 1.89. The van der Waals surface area contributed by atoms with Crippen LogP contribution in [-0.4, -0.2) is 23.5 Å². The van der Waals surface area contributed by atoms with Crippen molar-refractivity contribution >= 4 is 29.1 Å².